The number of amides is 2. The van der Waals surface area contributed by atoms with Gasteiger partial charge in [-0.3, -0.25) is 14.5 Å². The van der Waals surface area contributed by atoms with Crippen LogP contribution in [0.15, 0.2) is 54.9 Å². The van der Waals surface area contributed by atoms with E-state index >= 15 is 0 Å². The first-order valence-electron chi connectivity index (χ1n) is 19.0. The molecule has 4 aromatic rings. The first-order valence-corrected chi connectivity index (χ1v) is 19.0. The largest absolute Gasteiger partial charge is 0.495 e. The van der Waals surface area contributed by atoms with Gasteiger partial charge in [0.2, 0.25) is 5.95 Å². The Hall–Kier alpha value is -5.74. The molecule has 5 heterocycles. The Labute approximate surface area is 321 Å². The van der Waals surface area contributed by atoms with Gasteiger partial charge >= 0.3 is 0 Å². The first-order chi connectivity index (χ1) is 26.8. The molecule has 0 radical (unpaired) electrons. The number of carbonyl (C=O) groups excluding carboxylic acids is 2. The van der Waals surface area contributed by atoms with E-state index in [0.717, 1.165) is 76.4 Å². The third-order valence-electron chi connectivity index (χ3n) is 10.6. The number of benzene rings is 2. The van der Waals surface area contributed by atoms with Crippen LogP contribution in [0.1, 0.15) is 59.1 Å². The van der Waals surface area contributed by atoms with Crippen molar-refractivity contribution < 1.29 is 19.1 Å². The molecule has 16 heteroatoms. The minimum atomic E-state index is -0.644. The number of piperazine rings is 1. The second-order valence-electron chi connectivity index (χ2n) is 14.0. The van der Waals surface area contributed by atoms with E-state index in [9.17, 15) is 9.59 Å². The van der Waals surface area contributed by atoms with Crippen LogP contribution in [0.2, 0.25) is 0 Å². The number of methoxy groups -OCH3 is 1. The lowest BCUT2D eigenvalue weighted by Crippen LogP contribution is -2.53. The molecule has 3 fully saturated rings. The van der Waals surface area contributed by atoms with Crippen molar-refractivity contribution in [3.8, 4) is 5.75 Å². The van der Waals surface area contributed by atoms with E-state index in [4.69, 9.17) is 25.9 Å². The molecule has 290 valence electrons. The zero-order valence-corrected chi connectivity index (χ0v) is 31.5. The van der Waals surface area contributed by atoms with Gasteiger partial charge in [-0.2, -0.15) is 0 Å². The first kappa shape index (κ1) is 37.6. The lowest BCUT2D eigenvalue weighted by molar-refractivity contribution is 0.0903. The van der Waals surface area contributed by atoms with Crippen LogP contribution >= 0.6 is 0 Å². The second kappa shape index (κ2) is 17.2. The van der Waals surface area contributed by atoms with Gasteiger partial charge in [-0.1, -0.05) is 19.1 Å². The maximum absolute atomic E-state index is 12.7. The summed E-state index contributed by atoms with van der Waals surface area (Å²) in [5, 5.41) is 9.62. The SMILES string of the molecule is CCc1nc(C(N)=O)c(Nc2ccc(N3CCC(N4CCN(c5ncc(C(=O)Nc6ccccc6N)cn5)CC4)CC3)c(OC)c2)nc1NC1CCOCC1. The lowest BCUT2D eigenvalue weighted by atomic mass is 10.0. The number of carbonyl (C=O) groups is 2. The molecule has 2 amide bonds. The van der Waals surface area contributed by atoms with Gasteiger partial charge in [0.1, 0.15) is 5.75 Å². The van der Waals surface area contributed by atoms with Gasteiger partial charge in [0, 0.05) is 88.7 Å². The highest BCUT2D eigenvalue weighted by atomic mass is 16.5. The molecular weight excluding hydrogens is 701 g/mol. The van der Waals surface area contributed by atoms with Crippen LogP contribution in [0.25, 0.3) is 0 Å². The summed E-state index contributed by atoms with van der Waals surface area (Å²) < 4.78 is 11.4. The monoisotopic (exact) mass is 750 g/mol. The molecule has 0 atom stereocenters. The molecular formula is C39H50N12O4. The van der Waals surface area contributed by atoms with Crippen LogP contribution in [0.4, 0.5) is 40.3 Å². The molecule has 3 aliphatic heterocycles. The van der Waals surface area contributed by atoms with Crippen LogP contribution in [-0.2, 0) is 11.2 Å². The van der Waals surface area contributed by atoms with Crippen molar-refractivity contribution in [2.24, 2.45) is 5.73 Å². The Bertz CT molecular complexity index is 1960. The maximum atomic E-state index is 12.7. The number of nitrogens with zero attached hydrogens (tertiary/aromatic N) is 7. The topological polar surface area (TPSA) is 202 Å². The number of aryl methyl sites for hydroxylation is 1. The number of ether oxygens (including phenoxy) is 2. The normalized spacial score (nSPS) is 17.1. The minimum absolute atomic E-state index is 0.0978. The van der Waals surface area contributed by atoms with Crippen molar-refractivity contribution in [1.29, 1.82) is 0 Å². The molecule has 2 aromatic heterocycles. The predicted octanol–water partition coefficient (Wildman–Crippen LogP) is 3.90. The molecule has 16 nitrogen and oxygen atoms in total. The number of para-hydroxylation sites is 2. The summed E-state index contributed by atoms with van der Waals surface area (Å²) in [6.45, 7) is 8.61. The van der Waals surface area contributed by atoms with Gasteiger partial charge in [0.05, 0.1) is 35.4 Å². The van der Waals surface area contributed by atoms with Gasteiger partial charge in [-0.25, -0.2) is 19.9 Å². The van der Waals surface area contributed by atoms with E-state index in [2.05, 4.69) is 45.6 Å². The second-order valence-corrected chi connectivity index (χ2v) is 14.0. The summed E-state index contributed by atoms with van der Waals surface area (Å²) >= 11 is 0. The number of nitrogens with two attached hydrogens (primary N) is 2. The minimum Gasteiger partial charge on any atom is -0.495 e. The summed E-state index contributed by atoms with van der Waals surface area (Å²) in [6, 6.07) is 13.8. The number of hydrogen-bond donors (Lipinski definition) is 5. The van der Waals surface area contributed by atoms with E-state index in [1.807, 2.05) is 37.3 Å². The molecule has 7 rings (SSSR count). The summed E-state index contributed by atoms with van der Waals surface area (Å²) in [4.78, 5) is 50.7. The fraction of sp³-hybridized carbons (Fsp3) is 0.436. The molecule has 0 unspecified atom stereocenters. The number of piperidine rings is 1. The van der Waals surface area contributed by atoms with Crippen molar-refractivity contribution in [3.63, 3.8) is 0 Å². The fourth-order valence-corrected chi connectivity index (χ4v) is 7.45. The maximum Gasteiger partial charge on any atom is 0.271 e. The number of primary amides is 1. The van der Waals surface area contributed by atoms with Crippen molar-refractivity contribution in [2.45, 2.75) is 51.1 Å². The van der Waals surface area contributed by atoms with E-state index in [0.29, 0.717) is 71.6 Å². The Morgan fingerprint density at radius 3 is 2.31 bits per heavy atom. The summed E-state index contributed by atoms with van der Waals surface area (Å²) in [5.74, 6) is 1.35. The zero-order chi connectivity index (χ0) is 38.3. The molecule has 2 aromatic carbocycles. The van der Waals surface area contributed by atoms with Crippen molar-refractivity contribution in [2.75, 3.05) is 91.1 Å². The van der Waals surface area contributed by atoms with Crippen LogP contribution in [-0.4, -0.2) is 108 Å². The van der Waals surface area contributed by atoms with Gasteiger partial charge in [0.15, 0.2) is 17.3 Å². The van der Waals surface area contributed by atoms with Crippen LogP contribution in [0.3, 0.4) is 0 Å². The van der Waals surface area contributed by atoms with Crippen molar-refractivity contribution in [1.82, 2.24) is 24.8 Å². The van der Waals surface area contributed by atoms with Gasteiger partial charge in [-0.15, -0.1) is 0 Å². The molecule has 3 saturated heterocycles. The summed E-state index contributed by atoms with van der Waals surface area (Å²) in [5.41, 5.74) is 15.7. The van der Waals surface area contributed by atoms with E-state index in [1.54, 1.807) is 31.6 Å². The highest BCUT2D eigenvalue weighted by Crippen LogP contribution is 2.35. The number of nitrogens with one attached hydrogen (secondary N) is 3. The summed E-state index contributed by atoms with van der Waals surface area (Å²) in [6.07, 6.45) is 7.54. The van der Waals surface area contributed by atoms with Crippen molar-refractivity contribution >= 4 is 52.1 Å². The molecule has 55 heavy (non-hydrogen) atoms. The van der Waals surface area contributed by atoms with E-state index < -0.39 is 5.91 Å². The predicted molar refractivity (Wildman–Crippen MR) is 214 cm³/mol. The highest BCUT2D eigenvalue weighted by molar-refractivity contribution is 6.05. The number of aromatic nitrogens is 4. The average Bonchev–Trinajstić information content (AvgIpc) is 3.22. The number of nitrogen functional groups attached to an aromatic ring is 1. The lowest BCUT2D eigenvalue weighted by Gasteiger charge is -2.43. The number of rotatable bonds is 12. The quantitative estimate of drug-likeness (QED) is 0.131. The average molecular weight is 751 g/mol. The highest BCUT2D eigenvalue weighted by Gasteiger charge is 2.29. The summed E-state index contributed by atoms with van der Waals surface area (Å²) in [7, 11) is 1.67. The molecule has 3 aliphatic rings. The van der Waals surface area contributed by atoms with Crippen LogP contribution < -0.4 is 42.0 Å². The molecule has 0 spiro atoms. The van der Waals surface area contributed by atoms with Crippen molar-refractivity contribution in [3.05, 3.63) is 71.8 Å². The Balaban J connectivity index is 0.933. The molecule has 7 N–H and O–H groups in total. The molecule has 0 saturated carbocycles. The molecule has 0 bridgehead atoms. The van der Waals surface area contributed by atoms with E-state index in [1.165, 1.54) is 0 Å². The molecule has 0 aliphatic carbocycles. The van der Waals surface area contributed by atoms with Gasteiger partial charge < -0.3 is 46.7 Å². The van der Waals surface area contributed by atoms with Crippen LogP contribution in [0, 0.1) is 0 Å². The van der Waals surface area contributed by atoms with Crippen LogP contribution in [0.5, 0.6) is 5.75 Å². The third-order valence-corrected chi connectivity index (χ3v) is 10.6. The Morgan fingerprint density at radius 1 is 0.909 bits per heavy atom. The zero-order valence-electron chi connectivity index (χ0n) is 31.5. The number of anilines is 7. The number of hydrogen-bond acceptors (Lipinski definition) is 14. The van der Waals surface area contributed by atoms with E-state index in [-0.39, 0.29) is 17.6 Å². The Kier molecular flexibility index (Phi) is 11.7. The third kappa shape index (κ3) is 8.81. The van der Waals surface area contributed by atoms with Gasteiger partial charge in [0.25, 0.3) is 11.8 Å². The standard InChI is InChI=1S/C39H50N12O4/c1-3-30-36(44-26-12-20-55-21-13-26)48-37(34(46-30)35(41)52)45-27-8-9-32(33(22-27)54-2)50-14-10-28(11-15-50)49-16-18-51(19-17-49)39-42-23-25(24-43-39)38(53)47-31-7-5-4-6-29(31)40/h4-9,22-24,26,28H,3,10-21,40H2,1-2H3,(H2,41,52)(H,47,53)(H2,44,45,48). The Morgan fingerprint density at radius 2 is 1.64 bits per heavy atom. The smallest absolute Gasteiger partial charge is 0.271 e. The fourth-order valence-electron chi connectivity index (χ4n) is 7.45. The van der Waals surface area contributed by atoms with Gasteiger partial charge in [-0.05, 0) is 56.4 Å².